The van der Waals surface area contributed by atoms with Crippen molar-refractivity contribution in [1.82, 2.24) is 15.1 Å². The van der Waals surface area contributed by atoms with Crippen LogP contribution in [0.3, 0.4) is 0 Å². The Hall–Kier alpha value is -1.36. The van der Waals surface area contributed by atoms with Gasteiger partial charge in [0.15, 0.2) is 0 Å². The Morgan fingerprint density at radius 3 is 2.71 bits per heavy atom. The van der Waals surface area contributed by atoms with Gasteiger partial charge in [-0.1, -0.05) is 6.92 Å². The van der Waals surface area contributed by atoms with Gasteiger partial charge in [-0.2, -0.15) is 5.10 Å². The Kier molecular flexibility index (Phi) is 4.69. The molecule has 2 atom stereocenters. The van der Waals surface area contributed by atoms with E-state index < -0.39 is 0 Å². The summed E-state index contributed by atoms with van der Waals surface area (Å²) in [5, 5.41) is 16.1. The van der Waals surface area contributed by atoms with Crippen molar-refractivity contribution in [2.45, 2.75) is 33.3 Å². The van der Waals surface area contributed by atoms with Gasteiger partial charge < -0.3 is 10.4 Å². The van der Waals surface area contributed by atoms with Crippen molar-refractivity contribution in [1.29, 1.82) is 0 Å². The number of rotatable bonds is 5. The van der Waals surface area contributed by atoms with Crippen LogP contribution in [0.2, 0.25) is 0 Å². The lowest BCUT2D eigenvalue weighted by Crippen LogP contribution is -2.29. The lowest BCUT2D eigenvalue weighted by Gasteiger charge is -2.14. The van der Waals surface area contributed by atoms with E-state index in [1.54, 1.807) is 17.8 Å². The maximum absolute atomic E-state index is 11.8. The van der Waals surface area contributed by atoms with Crippen LogP contribution in [0.4, 0.5) is 0 Å². The number of amides is 1. The Morgan fingerprint density at radius 1 is 1.59 bits per heavy atom. The summed E-state index contributed by atoms with van der Waals surface area (Å²) < 4.78 is 1.67. The van der Waals surface area contributed by atoms with Gasteiger partial charge in [-0.05, 0) is 26.2 Å². The van der Waals surface area contributed by atoms with Gasteiger partial charge in [-0.25, -0.2) is 0 Å². The fraction of sp³-hybridized carbons (Fsp3) is 0.667. The van der Waals surface area contributed by atoms with Crippen LogP contribution in [0.15, 0.2) is 6.20 Å². The van der Waals surface area contributed by atoms with Crippen molar-refractivity contribution in [3.05, 3.63) is 17.5 Å². The zero-order valence-electron chi connectivity index (χ0n) is 10.9. The summed E-state index contributed by atoms with van der Waals surface area (Å²) >= 11 is 0. The Bertz CT molecular complexity index is 385. The van der Waals surface area contributed by atoms with E-state index in [1.165, 1.54) is 0 Å². The molecule has 0 saturated heterocycles. The molecule has 1 rings (SSSR count). The number of aromatic nitrogens is 2. The highest BCUT2D eigenvalue weighted by atomic mass is 16.3. The van der Waals surface area contributed by atoms with Gasteiger partial charge in [0.05, 0.1) is 17.9 Å². The van der Waals surface area contributed by atoms with Crippen LogP contribution in [0.5, 0.6) is 0 Å². The number of aryl methyl sites for hydroxylation is 1. The quantitative estimate of drug-likeness (QED) is 0.801. The highest BCUT2D eigenvalue weighted by molar-refractivity contribution is 5.94. The number of hydrogen-bond acceptors (Lipinski definition) is 3. The van der Waals surface area contributed by atoms with Crippen LogP contribution in [0.1, 0.15) is 36.3 Å². The topological polar surface area (TPSA) is 67.2 Å². The lowest BCUT2D eigenvalue weighted by atomic mass is 10.0. The number of aliphatic hydroxyl groups excluding tert-OH is 1. The average Bonchev–Trinajstić information content (AvgIpc) is 2.55. The maximum atomic E-state index is 11.8. The molecule has 0 bridgehead atoms. The maximum Gasteiger partial charge on any atom is 0.254 e. The molecule has 1 amide bonds. The normalized spacial score (nSPS) is 14.4. The molecule has 5 heteroatoms. The number of aliphatic hydroxyl groups is 1. The molecule has 0 aliphatic heterocycles. The van der Waals surface area contributed by atoms with Crippen molar-refractivity contribution in [3.8, 4) is 0 Å². The predicted octanol–water partition coefficient (Wildman–Crippen LogP) is 0.865. The standard InChI is InChI=1S/C12H21N3O2/c1-8(5-9(2)16)6-13-12(17)11-7-14-15(4)10(11)3/h7-9,16H,5-6H2,1-4H3,(H,13,17). The van der Waals surface area contributed by atoms with Crippen molar-refractivity contribution in [2.75, 3.05) is 6.54 Å². The molecule has 0 aliphatic rings. The van der Waals surface area contributed by atoms with E-state index in [4.69, 9.17) is 0 Å². The van der Waals surface area contributed by atoms with Gasteiger partial charge in [0.2, 0.25) is 0 Å². The van der Waals surface area contributed by atoms with Crippen molar-refractivity contribution in [2.24, 2.45) is 13.0 Å². The van der Waals surface area contributed by atoms with Crippen molar-refractivity contribution < 1.29 is 9.90 Å². The van der Waals surface area contributed by atoms with E-state index in [9.17, 15) is 9.90 Å². The summed E-state index contributed by atoms with van der Waals surface area (Å²) in [7, 11) is 1.81. The second-order valence-electron chi connectivity index (χ2n) is 4.67. The van der Waals surface area contributed by atoms with Crippen LogP contribution in [0.25, 0.3) is 0 Å². The van der Waals surface area contributed by atoms with Crippen LogP contribution in [0, 0.1) is 12.8 Å². The summed E-state index contributed by atoms with van der Waals surface area (Å²) in [5.41, 5.74) is 1.46. The smallest absolute Gasteiger partial charge is 0.254 e. The van der Waals surface area contributed by atoms with Gasteiger partial charge in [-0.15, -0.1) is 0 Å². The molecule has 1 aromatic rings. The minimum absolute atomic E-state index is 0.104. The molecule has 0 fully saturated rings. The molecule has 0 aliphatic carbocycles. The summed E-state index contributed by atoms with van der Waals surface area (Å²) in [6.07, 6.45) is 1.93. The third-order valence-electron chi connectivity index (χ3n) is 2.83. The number of nitrogens with one attached hydrogen (secondary N) is 1. The molecule has 5 nitrogen and oxygen atoms in total. The zero-order valence-corrected chi connectivity index (χ0v) is 10.9. The van der Waals surface area contributed by atoms with E-state index in [2.05, 4.69) is 10.4 Å². The van der Waals surface area contributed by atoms with E-state index in [1.807, 2.05) is 20.9 Å². The molecule has 0 saturated carbocycles. The van der Waals surface area contributed by atoms with Crippen LogP contribution in [-0.2, 0) is 7.05 Å². The number of hydrogen-bond donors (Lipinski definition) is 2. The van der Waals surface area contributed by atoms with Crippen LogP contribution < -0.4 is 5.32 Å². The molecule has 96 valence electrons. The first-order chi connectivity index (χ1) is 7.91. The van der Waals surface area contributed by atoms with Crippen LogP contribution in [-0.4, -0.2) is 33.4 Å². The van der Waals surface area contributed by atoms with Gasteiger partial charge in [-0.3, -0.25) is 9.48 Å². The Balaban J connectivity index is 2.48. The second-order valence-corrected chi connectivity index (χ2v) is 4.67. The number of nitrogens with zero attached hydrogens (tertiary/aromatic N) is 2. The highest BCUT2D eigenvalue weighted by Gasteiger charge is 2.14. The number of carbonyl (C=O) groups is 1. The second kappa shape index (κ2) is 5.82. The molecule has 1 aromatic heterocycles. The zero-order chi connectivity index (χ0) is 13.0. The largest absolute Gasteiger partial charge is 0.393 e. The molecule has 2 unspecified atom stereocenters. The minimum atomic E-state index is -0.331. The van der Waals surface area contributed by atoms with E-state index in [0.717, 1.165) is 5.69 Å². The van der Waals surface area contributed by atoms with E-state index in [0.29, 0.717) is 18.5 Å². The molecule has 0 radical (unpaired) electrons. The van der Waals surface area contributed by atoms with Gasteiger partial charge in [0, 0.05) is 19.3 Å². The van der Waals surface area contributed by atoms with Gasteiger partial charge >= 0.3 is 0 Å². The lowest BCUT2D eigenvalue weighted by molar-refractivity contribution is 0.0938. The highest BCUT2D eigenvalue weighted by Crippen LogP contribution is 2.07. The van der Waals surface area contributed by atoms with Crippen molar-refractivity contribution >= 4 is 5.91 Å². The summed E-state index contributed by atoms with van der Waals surface area (Å²) in [5.74, 6) is 0.156. The number of carbonyl (C=O) groups excluding carboxylic acids is 1. The van der Waals surface area contributed by atoms with E-state index in [-0.39, 0.29) is 17.9 Å². The molecule has 0 spiro atoms. The average molecular weight is 239 g/mol. The third kappa shape index (κ3) is 3.85. The summed E-state index contributed by atoms with van der Waals surface area (Å²) in [6.45, 7) is 6.19. The van der Waals surface area contributed by atoms with Crippen molar-refractivity contribution in [3.63, 3.8) is 0 Å². The SMILES string of the molecule is Cc1c(C(=O)NCC(C)CC(C)O)cnn1C. The van der Waals surface area contributed by atoms with E-state index >= 15 is 0 Å². The fourth-order valence-corrected chi connectivity index (χ4v) is 1.75. The van der Waals surface area contributed by atoms with Gasteiger partial charge in [0.25, 0.3) is 5.91 Å². The monoisotopic (exact) mass is 239 g/mol. The molecular formula is C12H21N3O2. The molecule has 0 aromatic carbocycles. The third-order valence-corrected chi connectivity index (χ3v) is 2.83. The van der Waals surface area contributed by atoms with Gasteiger partial charge in [0.1, 0.15) is 0 Å². The Morgan fingerprint density at radius 2 is 2.24 bits per heavy atom. The Labute approximate surface area is 102 Å². The fourth-order valence-electron chi connectivity index (χ4n) is 1.75. The molecule has 1 heterocycles. The molecule has 2 N–H and O–H groups in total. The molecular weight excluding hydrogens is 218 g/mol. The first-order valence-corrected chi connectivity index (χ1v) is 5.86. The van der Waals surface area contributed by atoms with Crippen LogP contribution >= 0.6 is 0 Å². The first-order valence-electron chi connectivity index (χ1n) is 5.86. The minimum Gasteiger partial charge on any atom is -0.393 e. The summed E-state index contributed by atoms with van der Waals surface area (Å²) in [6, 6.07) is 0. The summed E-state index contributed by atoms with van der Waals surface area (Å²) in [4.78, 5) is 11.8. The molecule has 17 heavy (non-hydrogen) atoms. The first kappa shape index (κ1) is 13.7. The predicted molar refractivity (Wildman–Crippen MR) is 65.7 cm³/mol.